The molecule has 0 bridgehead atoms. The van der Waals surface area contributed by atoms with Crippen molar-refractivity contribution >= 4 is 65.4 Å². The molecule has 0 unspecified atom stereocenters. The van der Waals surface area contributed by atoms with Gasteiger partial charge in [-0.1, -0.05) is 109 Å². The van der Waals surface area contributed by atoms with Crippen molar-refractivity contribution in [2.24, 2.45) is 0 Å². The Kier molecular flexibility index (Phi) is 6.61. The average Bonchev–Trinajstić information content (AvgIpc) is 3.89. The first-order chi connectivity index (χ1) is 27.2. The van der Waals surface area contributed by atoms with E-state index < -0.39 is 0 Å². The molecule has 5 heteroatoms. The Morgan fingerprint density at radius 2 is 0.855 bits per heavy atom. The predicted molar refractivity (Wildman–Crippen MR) is 224 cm³/mol. The molecule has 0 spiro atoms. The number of hydrogen-bond acceptors (Lipinski definition) is 2. The molecule has 5 nitrogen and oxygen atoms in total. The zero-order valence-electron chi connectivity index (χ0n) is 29.5. The van der Waals surface area contributed by atoms with Gasteiger partial charge < -0.3 is 13.7 Å². The fourth-order valence-corrected chi connectivity index (χ4v) is 8.92. The largest absolute Gasteiger partial charge is 0.309 e. The van der Waals surface area contributed by atoms with E-state index in [1.807, 2.05) is 54.6 Å². The van der Waals surface area contributed by atoms with Gasteiger partial charge in [0, 0.05) is 43.6 Å². The van der Waals surface area contributed by atoms with E-state index in [9.17, 15) is 10.5 Å². The van der Waals surface area contributed by atoms with Crippen molar-refractivity contribution in [3.63, 3.8) is 0 Å². The number of aromatic nitrogens is 3. The Bertz CT molecular complexity index is 3420. The lowest BCUT2D eigenvalue weighted by Crippen LogP contribution is -2.00. The predicted octanol–water partition coefficient (Wildman–Crippen LogP) is 12.4. The first-order valence-electron chi connectivity index (χ1n) is 18.3. The summed E-state index contributed by atoms with van der Waals surface area (Å²) in [5, 5.41) is 27.6. The molecule has 0 aliphatic carbocycles. The summed E-state index contributed by atoms with van der Waals surface area (Å²) in [6.07, 6.45) is 0. The van der Waals surface area contributed by atoms with Crippen molar-refractivity contribution in [1.82, 2.24) is 13.7 Å². The van der Waals surface area contributed by atoms with Gasteiger partial charge in [-0.15, -0.1) is 0 Å². The second kappa shape index (κ2) is 11.8. The van der Waals surface area contributed by atoms with E-state index >= 15 is 0 Å². The van der Waals surface area contributed by atoms with Crippen molar-refractivity contribution in [2.45, 2.75) is 0 Å². The van der Waals surface area contributed by atoms with Crippen molar-refractivity contribution in [2.75, 3.05) is 0 Å². The molecule has 0 aliphatic rings. The van der Waals surface area contributed by atoms with Crippen LogP contribution < -0.4 is 0 Å². The molecular formula is C50H29N5. The van der Waals surface area contributed by atoms with E-state index in [0.717, 1.165) is 61.0 Å². The number of nitriles is 2. The lowest BCUT2D eigenvalue weighted by molar-refractivity contribution is 1.16. The third-order valence-electron chi connectivity index (χ3n) is 11.1. The Labute approximate surface area is 316 Å². The van der Waals surface area contributed by atoms with Crippen molar-refractivity contribution in [3.8, 4) is 40.3 Å². The number of rotatable bonds is 4. The van der Waals surface area contributed by atoms with Crippen LogP contribution in [-0.4, -0.2) is 13.7 Å². The quantitative estimate of drug-likeness (QED) is 0.184. The van der Waals surface area contributed by atoms with Crippen LogP contribution in [0.2, 0.25) is 0 Å². The third-order valence-corrected chi connectivity index (χ3v) is 11.1. The Morgan fingerprint density at radius 3 is 1.53 bits per heavy atom. The summed E-state index contributed by atoms with van der Waals surface area (Å²) in [5.41, 5.74) is 12.3. The van der Waals surface area contributed by atoms with Crippen molar-refractivity contribution in [3.05, 3.63) is 187 Å². The van der Waals surface area contributed by atoms with Gasteiger partial charge in [-0.2, -0.15) is 10.5 Å². The van der Waals surface area contributed by atoms with Crippen LogP contribution in [0.1, 0.15) is 11.1 Å². The molecule has 0 atom stereocenters. The van der Waals surface area contributed by atoms with Crippen LogP contribution in [-0.2, 0) is 0 Å². The monoisotopic (exact) mass is 699 g/mol. The molecule has 11 rings (SSSR count). The molecule has 0 amide bonds. The second-order valence-electron chi connectivity index (χ2n) is 13.9. The second-order valence-corrected chi connectivity index (χ2v) is 13.9. The molecule has 3 aromatic heterocycles. The van der Waals surface area contributed by atoms with Crippen LogP contribution in [0, 0.1) is 22.7 Å². The molecular weight excluding hydrogens is 671 g/mol. The van der Waals surface area contributed by atoms with E-state index in [1.54, 1.807) is 0 Å². The third kappa shape index (κ3) is 4.33. The van der Waals surface area contributed by atoms with Gasteiger partial charge >= 0.3 is 0 Å². The van der Waals surface area contributed by atoms with Gasteiger partial charge in [-0.05, 0) is 72.3 Å². The summed E-state index contributed by atoms with van der Waals surface area (Å²) in [7, 11) is 0. The van der Waals surface area contributed by atoms with Crippen molar-refractivity contribution in [1.29, 1.82) is 10.5 Å². The maximum Gasteiger partial charge on any atom is 0.102 e. The molecule has 0 radical (unpaired) electrons. The minimum Gasteiger partial charge on any atom is -0.309 e. The molecule has 0 aliphatic heterocycles. The zero-order chi connectivity index (χ0) is 36.6. The van der Waals surface area contributed by atoms with Gasteiger partial charge in [0.1, 0.15) is 6.07 Å². The Morgan fingerprint density at radius 1 is 0.364 bits per heavy atom. The Balaban J connectivity index is 1.14. The molecule has 0 N–H and O–H groups in total. The smallest absolute Gasteiger partial charge is 0.102 e. The van der Waals surface area contributed by atoms with Crippen LogP contribution in [0.3, 0.4) is 0 Å². The maximum atomic E-state index is 10.9. The summed E-state index contributed by atoms with van der Waals surface area (Å²) < 4.78 is 6.87. The highest BCUT2D eigenvalue weighted by molar-refractivity contribution is 6.17. The van der Waals surface area contributed by atoms with E-state index in [1.165, 1.54) is 32.6 Å². The standard InChI is InChI=1S/C50H29N5/c51-30-33-14-10-26-46-49(33)38-18-3-8-24-44(38)55(46)45-25-11-20-35(40(45)31-52)32-13-9-15-34(29-32)53-43-23-7-4-19-39(43)50-47(53)27-12-28-48(50)54-41-21-5-1-16-36(41)37-17-2-6-22-42(37)54/h1-29H. The van der Waals surface area contributed by atoms with Crippen LogP contribution in [0.5, 0.6) is 0 Å². The van der Waals surface area contributed by atoms with Gasteiger partial charge in [0.2, 0.25) is 0 Å². The molecule has 8 aromatic carbocycles. The first-order valence-corrected chi connectivity index (χ1v) is 18.3. The fourth-order valence-electron chi connectivity index (χ4n) is 8.92. The molecule has 3 heterocycles. The lowest BCUT2D eigenvalue weighted by Gasteiger charge is -2.15. The van der Waals surface area contributed by atoms with E-state index in [0.29, 0.717) is 11.1 Å². The van der Waals surface area contributed by atoms with E-state index in [2.05, 4.69) is 147 Å². The molecule has 0 saturated carbocycles. The highest BCUT2D eigenvalue weighted by Crippen LogP contribution is 2.41. The fraction of sp³-hybridized carbons (Fsp3) is 0. The zero-order valence-corrected chi connectivity index (χ0v) is 29.5. The van der Waals surface area contributed by atoms with Crippen LogP contribution in [0.15, 0.2) is 176 Å². The summed E-state index contributed by atoms with van der Waals surface area (Å²) in [5.74, 6) is 0. The van der Waals surface area contributed by atoms with Gasteiger partial charge in [-0.25, -0.2) is 0 Å². The lowest BCUT2D eigenvalue weighted by atomic mass is 9.98. The van der Waals surface area contributed by atoms with Gasteiger partial charge in [0.15, 0.2) is 0 Å². The minimum absolute atomic E-state index is 0.570. The van der Waals surface area contributed by atoms with Crippen molar-refractivity contribution < 1.29 is 0 Å². The number of hydrogen-bond donors (Lipinski definition) is 0. The molecule has 0 fully saturated rings. The number of nitrogens with zero attached hydrogens (tertiary/aromatic N) is 5. The van der Waals surface area contributed by atoms with Gasteiger partial charge in [0.25, 0.3) is 0 Å². The van der Waals surface area contributed by atoms with Crippen LogP contribution in [0.25, 0.3) is 93.6 Å². The summed E-state index contributed by atoms with van der Waals surface area (Å²) >= 11 is 0. The topological polar surface area (TPSA) is 62.4 Å². The number of benzene rings is 8. The Hall–Kier alpha value is -7.86. The number of para-hydroxylation sites is 4. The van der Waals surface area contributed by atoms with E-state index in [4.69, 9.17) is 0 Å². The minimum atomic E-state index is 0.570. The average molecular weight is 700 g/mol. The van der Waals surface area contributed by atoms with Crippen LogP contribution >= 0.6 is 0 Å². The van der Waals surface area contributed by atoms with Gasteiger partial charge in [-0.3, -0.25) is 0 Å². The number of fused-ring (bicyclic) bond motifs is 9. The van der Waals surface area contributed by atoms with Gasteiger partial charge in [0.05, 0.1) is 61.7 Å². The SMILES string of the molecule is N#Cc1c(-c2cccc(-n3c4ccccc4c4c(-n5c6ccccc6c6ccccc65)cccc43)c2)cccc1-n1c2ccccc2c2c(C#N)cccc21. The molecule has 55 heavy (non-hydrogen) atoms. The van der Waals surface area contributed by atoms with E-state index in [-0.39, 0.29) is 0 Å². The highest BCUT2D eigenvalue weighted by atomic mass is 15.0. The summed E-state index contributed by atoms with van der Waals surface area (Å²) in [4.78, 5) is 0. The normalized spacial score (nSPS) is 11.6. The summed E-state index contributed by atoms with van der Waals surface area (Å²) in [6.45, 7) is 0. The molecule has 0 saturated heterocycles. The maximum absolute atomic E-state index is 10.9. The highest BCUT2D eigenvalue weighted by Gasteiger charge is 2.22. The molecule has 254 valence electrons. The van der Waals surface area contributed by atoms with Crippen LogP contribution in [0.4, 0.5) is 0 Å². The molecule has 11 aromatic rings. The first kappa shape index (κ1) is 30.7. The summed E-state index contributed by atoms with van der Waals surface area (Å²) in [6, 6.07) is 65.9.